The van der Waals surface area contributed by atoms with Gasteiger partial charge in [0, 0.05) is 0 Å². The number of ketones is 1. The SMILES string of the molecule is CCCCCCOC(=O)CC(=O)COCCN1C(=O)c2ccccc2C1=O. The fourth-order valence-electron chi connectivity index (χ4n) is 2.76. The molecule has 0 bridgehead atoms. The summed E-state index contributed by atoms with van der Waals surface area (Å²) in [5.74, 6) is -1.68. The summed E-state index contributed by atoms with van der Waals surface area (Å²) in [5, 5.41) is 0. The lowest BCUT2D eigenvalue weighted by molar-refractivity contribution is -0.147. The number of hydrogen-bond donors (Lipinski definition) is 0. The van der Waals surface area contributed by atoms with Crippen LogP contribution in [-0.2, 0) is 19.1 Å². The molecule has 1 aromatic carbocycles. The van der Waals surface area contributed by atoms with E-state index in [9.17, 15) is 19.2 Å². The number of ether oxygens (including phenoxy) is 2. The molecule has 1 aliphatic heterocycles. The fraction of sp³-hybridized carbons (Fsp3) is 0.500. The Morgan fingerprint density at radius 1 is 0.963 bits per heavy atom. The van der Waals surface area contributed by atoms with Gasteiger partial charge < -0.3 is 9.47 Å². The molecule has 0 atom stereocenters. The molecule has 1 aromatic rings. The summed E-state index contributed by atoms with van der Waals surface area (Å²) in [6, 6.07) is 6.61. The summed E-state index contributed by atoms with van der Waals surface area (Å²) < 4.78 is 10.2. The number of amides is 2. The van der Waals surface area contributed by atoms with Crippen molar-refractivity contribution in [3.05, 3.63) is 35.4 Å². The number of rotatable bonds is 12. The first-order valence-corrected chi connectivity index (χ1v) is 9.25. The average Bonchev–Trinajstić information content (AvgIpc) is 2.90. The van der Waals surface area contributed by atoms with Crippen molar-refractivity contribution in [1.29, 1.82) is 0 Å². The van der Waals surface area contributed by atoms with Crippen LogP contribution >= 0.6 is 0 Å². The van der Waals surface area contributed by atoms with Gasteiger partial charge in [-0.3, -0.25) is 24.1 Å². The highest BCUT2D eigenvalue weighted by molar-refractivity contribution is 6.21. The summed E-state index contributed by atoms with van der Waals surface area (Å²) in [4.78, 5) is 48.7. The van der Waals surface area contributed by atoms with Crippen LogP contribution in [0.3, 0.4) is 0 Å². The third-order valence-corrected chi connectivity index (χ3v) is 4.20. The summed E-state index contributed by atoms with van der Waals surface area (Å²) in [6.07, 6.45) is 3.66. The van der Waals surface area contributed by atoms with E-state index < -0.39 is 11.8 Å². The molecule has 27 heavy (non-hydrogen) atoms. The maximum Gasteiger partial charge on any atom is 0.313 e. The van der Waals surface area contributed by atoms with Crippen molar-refractivity contribution in [2.75, 3.05) is 26.4 Å². The molecule has 1 heterocycles. The van der Waals surface area contributed by atoms with Crippen LogP contribution in [0.25, 0.3) is 0 Å². The van der Waals surface area contributed by atoms with Crippen LogP contribution < -0.4 is 0 Å². The molecule has 1 aliphatic rings. The number of hydrogen-bond acceptors (Lipinski definition) is 6. The molecule has 7 nitrogen and oxygen atoms in total. The zero-order valence-corrected chi connectivity index (χ0v) is 15.6. The maximum absolute atomic E-state index is 12.2. The van der Waals surface area contributed by atoms with Crippen molar-refractivity contribution in [1.82, 2.24) is 4.90 Å². The quantitative estimate of drug-likeness (QED) is 0.241. The van der Waals surface area contributed by atoms with Gasteiger partial charge in [-0.25, -0.2) is 0 Å². The number of esters is 1. The minimum Gasteiger partial charge on any atom is -0.465 e. The zero-order chi connectivity index (χ0) is 19.6. The second kappa shape index (κ2) is 10.6. The molecule has 0 unspecified atom stereocenters. The topological polar surface area (TPSA) is 90.0 Å². The van der Waals surface area contributed by atoms with Crippen molar-refractivity contribution in [3.8, 4) is 0 Å². The van der Waals surface area contributed by atoms with Gasteiger partial charge in [0.05, 0.1) is 30.9 Å². The monoisotopic (exact) mass is 375 g/mol. The summed E-state index contributed by atoms with van der Waals surface area (Å²) >= 11 is 0. The van der Waals surface area contributed by atoms with Crippen LogP contribution in [0.4, 0.5) is 0 Å². The molecule has 146 valence electrons. The minimum absolute atomic E-state index is 0.0310. The molecule has 2 amide bonds. The van der Waals surface area contributed by atoms with Gasteiger partial charge in [-0.05, 0) is 18.6 Å². The molecular weight excluding hydrogens is 350 g/mol. The van der Waals surface area contributed by atoms with Gasteiger partial charge in [-0.2, -0.15) is 0 Å². The molecule has 0 aromatic heterocycles. The number of unbranched alkanes of at least 4 members (excludes halogenated alkanes) is 3. The largest absolute Gasteiger partial charge is 0.465 e. The third-order valence-electron chi connectivity index (χ3n) is 4.20. The standard InChI is InChI=1S/C20H25NO6/c1-2-3-4-7-11-27-18(23)13-15(22)14-26-12-10-21-19(24)16-8-5-6-9-17(16)20(21)25/h5-6,8-9H,2-4,7,10-14H2,1H3. The molecular formula is C20H25NO6. The lowest BCUT2D eigenvalue weighted by atomic mass is 10.1. The molecule has 0 spiro atoms. The highest BCUT2D eigenvalue weighted by atomic mass is 16.5. The predicted octanol–water partition coefficient (Wildman–Crippen LogP) is 2.38. The first-order chi connectivity index (χ1) is 13.0. The van der Waals surface area contributed by atoms with Gasteiger partial charge >= 0.3 is 5.97 Å². The third kappa shape index (κ3) is 5.99. The molecule has 7 heteroatoms. The van der Waals surface area contributed by atoms with Crippen LogP contribution in [0.2, 0.25) is 0 Å². The van der Waals surface area contributed by atoms with Gasteiger partial charge in [0.25, 0.3) is 11.8 Å². The van der Waals surface area contributed by atoms with Crippen molar-refractivity contribution in [2.45, 2.75) is 39.0 Å². The van der Waals surface area contributed by atoms with Crippen molar-refractivity contribution in [2.24, 2.45) is 0 Å². The Hall–Kier alpha value is -2.54. The molecule has 0 saturated heterocycles. The Labute approximate surface area is 158 Å². The van der Waals surface area contributed by atoms with E-state index in [1.807, 2.05) is 0 Å². The van der Waals surface area contributed by atoms with Crippen molar-refractivity contribution >= 4 is 23.6 Å². The highest BCUT2D eigenvalue weighted by Crippen LogP contribution is 2.21. The average molecular weight is 375 g/mol. The molecule has 0 saturated carbocycles. The smallest absolute Gasteiger partial charge is 0.313 e. The number of carbonyl (C=O) groups excluding carboxylic acids is 4. The molecule has 0 aliphatic carbocycles. The Morgan fingerprint density at radius 3 is 2.26 bits per heavy atom. The first kappa shape index (κ1) is 20.8. The number of nitrogens with zero attached hydrogens (tertiary/aromatic N) is 1. The number of benzene rings is 1. The summed E-state index contributed by atoms with van der Waals surface area (Å²) in [6.45, 7) is 2.25. The lowest BCUT2D eigenvalue weighted by Crippen LogP contribution is -2.33. The van der Waals surface area contributed by atoms with E-state index in [2.05, 4.69) is 6.92 Å². The Bertz CT molecular complexity index is 664. The molecule has 0 radical (unpaired) electrons. The number of imide groups is 1. The molecule has 0 fully saturated rings. The lowest BCUT2D eigenvalue weighted by Gasteiger charge is -2.13. The van der Waals surface area contributed by atoms with Gasteiger partial charge in [0.15, 0.2) is 5.78 Å². The fourth-order valence-corrected chi connectivity index (χ4v) is 2.76. The number of carbonyl (C=O) groups is 4. The van der Waals surface area contributed by atoms with Gasteiger partial charge in [-0.15, -0.1) is 0 Å². The van der Waals surface area contributed by atoms with E-state index >= 15 is 0 Å². The number of fused-ring (bicyclic) bond motifs is 1. The molecule has 0 N–H and O–H groups in total. The summed E-state index contributed by atoms with van der Waals surface area (Å²) in [5.41, 5.74) is 0.750. The van der Waals surface area contributed by atoms with Crippen molar-refractivity contribution < 1.29 is 28.7 Å². The normalized spacial score (nSPS) is 13.0. The zero-order valence-electron chi connectivity index (χ0n) is 15.6. The van der Waals surface area contributed by atoms with Crippen LogP contribution in [0.1, 0.15) is 59.7 Å². The van der Waals surface area contributed by atoms with Gasteiger partial charge in [0.2, 0.25) is 0 Å². The van der Waals surface area contributed by atoms with Gasteiger partial charge in [0.1, 0.15) is 13.0 Å². The second-order valence-electron chi connectivity index (χ2n) is 6.36. The van der Waals surface area contributed by atoms with E-state index in [1.54, 1.807) is 24.3 Å². The first-order valence-electron chi connectivity index (χ1n) is 9.25. The molecule has 2 rings (SSSR count). The summed E-state index contributed by atoms with van der Waals surface area (Å²) in [7, 11) is 0. The Kier molecular flexibility index (Phi) is 8.13. The van der Waals surface area contributed by atoms with Crippen molar-refractivity contribution in [3.63, 3.8) is 0 Å². The van der Waals surface area contributed by atoms with E-state index in [0.29, 0.717) is 17.7 Å². The minimum atomic E-state index is -0.555. The van der Waals surface area contributed by atoms with Crippen LogP contribution in [0, 0.1) is 0 Å². The Balaban J connectivity index is 1.61. The van der Waals surface area contributed by atoms with Crippen LogP contribution in [0.5, 0.6) is 0 Å². The highest BCUT2D eigenvalue weighted by Gasteiger charge is 2.34. The predicted molar refractivity (Wildman–Crippen MR) is 97.4 cm³/mol. The van der Waals surface area contributed by atoms with Crippen LogP contribution in [0.15, 0.2) is 24.3 Å². The van der Waals surface area contributed by atoms with E-state index in [-0.39, 0.29) is 38.0 Å². The van der Waals surface area contributed by atoms with Gasteiger partial charge in [-0.1, -0.05) is 38.3 Å². The van der Waals surface area contributed by atoms with E-state index in [1.165, 1.54) is 0 Å². The maximum atomic E-state index is 12.2. The van der Waals surface area contributed by atoms with Crippen LogP contribution in [-0.4, -0.2) is 54.8 Å². The van der Waals surface area contributed by atoms with E-state index in [0.717, 1.165) is 30.6 Å². The Morgan fingerprint density at radius 2 is 1.63 bits per heavy atom. The number of Topliss-reactive ketones (excluding diaryl/α,β-unsaturated/α-hetero) is 1. The van der Waals surface area contributed by atoms with E-state index in [4.69, 9.17) is 9.47 Å². The second-order valence-corrected chi connectivity index (χ2v) is 6.36.